The summed E-state index contributed by atoms with van der Waals surface area (Å²) in [5.41, 5.74) is 2.18. The smallest absolute Gasteiger partial charge is 0.220 e. The van der Waals surface area contributed by atoms with Gasteiger partial charge in [0.05, 0.1) is 0 Å². The maximum Gasteiger partial charge on any atom is 0.220 e. The van der Waals surface area contributed by atoms with Gasteiger partial charge >= 0.3 is 0 Å². The fourth-order valence-electron chi connectivity index (χ4n) is 3.26. The molecule has 1 saturated carbocycles. The molecule has 1 amide bonds. The van der Waals surface area contributed by atoms with Crippen LogP contribution in [0.4, 0.5) is 0 Å². The van der Waals surface area contributed by atoms with Crippen molar-refractivity contribution in [2.45, 2.75) is 51.5 Å². The van der Waals surface area contributed by atoms with E-state index in [1.165, 1.54) is 37.0 Å². The summed E-state index contributed by atoms with van der Waals surface area (Å²) in [6, 6.07) is 6.24. The molecule has 0 spiro atoms. The quantitative estimate of drug-likeness (QED) is 0.828. The highest BCUT2D eigenvalue weighted by Gasteiger charge is 2.14. The van der Waals surface area contributed by atoms with Crippen molar-refractivity contribution in [2.24, 2.45) is 5.92 Å². The minimum absolute atomic E-state index is 0.164. The second-order valence-corrected chi connectivity index (χ2v) is 7.33. The molecule has 0 bridgehead atoms. The molecule has 1 aliphatic carbocycles. The van der Waals surface area contributed by atoms with E-state index >= 15 is 0 Å². The zero-order valence-electron chi connectivity index (χ0n) is 13.5. The number of hydrogen-bond donors (Lipinski definition) is 1. The SMILES string of the molecule is O=C(CCC1CCCCC1)NCc1cncc(-c2cccs2)c1. The van der Waals surface area contributed by atoms with Gasteiger partial charge in [-0.25, -0.2) is 0 Å². The van der Waals surface area contributed by atoms with Gasteiger partial charge in [0.1, 0.15) is 0 Å². The Labute approximate surface area is 142 Å². The number of pyridine rings is 1. The summed E-state index contributed by atoms with van der Waals surface area (Å²) in [5.74, 6) is 0.926. The van der Waals surface area contributed by atoms with E-state index in [9.17, 15) is 4.79 Å². The number of aromatic nitrogens is 1. The first-order valence-corrected chi connectivity index (χ1v) is 9.44. The highest BCUT2D eigenvalue weighted by molar-refractivity contribution is 7.13. The van der Waals surface area contributed by atoms with Gasteiger partial charge in [-0.15, -0.1) is 11.3 Å². The number of nitrogens with one attached hydrogen (secondary N) is 1. The zero-order valence-corrected chi connectivity index (χ0v) is 14.3. The predicted molar refractivity (Wildman–Crippen MR) is 95.2 cm³/mol. The molecule has 0 aliphatic heterocycles. The van der Waals surface area contributed by atoms with E-state index in [-0.39, 0.29) is 5.91 Å². The Morgan fingerprint density at radius 3 is 2.91 bits per heavy atom. The van der Waals surface area contributed by atoms with Gasteiger partial charge in [-0.2, -0.15) is 0 Å². The Bertz CT molecular complexity index is 618. The standard InChI is InChI=1S/C19H24N2OS/c22-19(9-8-15-5-2-1-3-6-15)21-13-16-11-17(14-20-12-16)18-7-4-10-23-18/h4,7,10-12,14-15H,1-3,5-6,8-9,13H2,(H,21,22). The van der Waals surface area contributed by atoms with Gasteiger partial charge < -0.3 is 5.32 Å². The van der Waals surface area contributed by atoms with Crippen molar-refractivity contribution >= 4 is 17.2 Å². The second kappa shape index (κ2) is 8.25. The van der Waals surface area contributed by atoms with Crippen molar-refractivity contribution in [2.75, 3.05) is 0 Å². The Morgan fingerprint density at radius 2 is 2.13 bits per heavy atom. The largest absolute Gasteiger partial charge is 0.352 e. The van der Waals surface area contributed by atoms with Crippen LogP contribution < -0.4 is 5.32 Å². The first kappa shape index (κ1) is 16.2. The molecule has 4 heteroatoms. The van der Waals surface area contributed by atoms with Crippen molar-refractivity contribution in [3.05, 3.63) is 41.5 Å². The minimum atomic E-state index is 0.164. The molecule has 122 valence electrons. The normalized spacial score (nSPS) is 15.5. The summed E-state index contributed by atoms with van der Waals surface area (Å²) in [7, 11) is 0. The molecule has 2 heterocycles. The lowest BCUT2D eigenvalue weighted by atomic mass is 9.86. The van der Waals surface area contributed by atoms with Crippen LogP contribution in [0.25, 0.3) is 10.4 Å². The van der Waals surface area contributed by atoms with Crippen LogP contribution in [0.2, 0.25) is 0 Å². The number of amides is 1. The molecule has 3 nitrogen and oxygen atoms in total. The van der Waals surface area contributed by atoms with E-state index in [0.29, 0.717) is 13.0 Å². The van der Waals surface area contributed by atoms with E-state index in [4.69, 9.17) is 0 Å². The summed E-state index contributed by atoms with van der Waals surface area (Å²) >= 11 is 1.71. The van der Waals surface area contributed by atoms with Crippen LogP contribution in [-0.4, -0.2) is 10.9 Å². The lowest BCUT2D eigenvalue weighted by molar-refractivity contribution is -0.121. The molecular formula is C19H24N2OS. The lowest BCUT2D eigenvalue weighted by Gasteiger charge is -2.20. The Balaban J connectivity index is 1.46. The zero-order chi connectivity index (χ0) is 15.9. The first-order chi connectivity index (χ1) is 11.3. The topological polar surface area (TPSA) is 42.0 Å². The van der Waals surface area contributed by atoms with Crippen LogP contribution in [0.15, 0.2) is 36.0 Å². The highest BCUT2D eigenvalue weighted by atomic mass is 32.1. The number of hydrogen-bond acceptors (Lipinski definition) is 3. The third-order valence-corrected chi connectivity index (χ3v) is 5.51. The van der Waals surface area contributed by atoms with Gasteiger partial charge in [-0.3, -0.25) is 9.78 Å². The molecule has 2 aromatic heterocycles. The van der Waals surface area contributed by atoms with Crippen LogP contribution in [0.5, 0.6) is 0 Å². The van der Waals surface area contributed by atoms with Crippen LogP contribution in [0.3, 0.4) is 0 Å². The number of carbonyl (C=O) groups is 1. The van der Waals surface area contributed by atoms with Gasteiger partial charge in [0.2, 0.25) is 5.91 Å². The molecule has 0 saturated heterocycles. The molecule has 23 heavy (non-hydrogen) atoms. The third-order valence-electron chi connectivity index (χ3n) is 4.59. The van der Waals surface area contributed by atoms with Gasteiger partial charge in [-0.1, -0.05) is 38.2 Å². The van der Waals surface area contributed by atoms with Crippen LogP contribution in [-0.2, 0) is 11.3 Å². The molecule has 0 unspecified atom stereocenters. The molecule has 1 fully saturated rings. The van der Waals surface area contributed by atoms with E-state index in [2.05, 4.69) is 27.8 Å². The average Bonchev–Trinajstić information content (AvgIpc) is 3.14. The van der Waals surface area contributed by atoms with Crippen LogP contribution in [0, 0.1) is 5.92 Å². The lowest BCUT2D eigenvalue weighted by Crippen LogP contribution is -2.23. The van der Waals surface area contributed by atoms with Gasteiger partial charge in [0.25, 0.3) is 0 Å². The first-order valence-electron chi connectivity index (χ1n) is 8.56. The summed E-state index contributed by atoms with van der Waals surface area (Å²) in [5, 5.41) is 5.10. The predicted octanol–water partition coefficient (Wildman–Crippen LogP) is 4.79. The Kier molecular flexibility index (Phi) is 5.81. The molecule has 1 aliphatic rings. The van der Waals surface area contributed by atoms with Crippen LogP contribution >= 0.6 is 11.3 Å². The molecule has 1 N–H and O–H groups in total. The van der Waals surface area contributed by atoms with Crippen molar-refractivity contribution in [3.63, 3.8) is 0 Å². The summed E-state index contributed by atoms with van der Waals surface area (Å²) in [6.07, 6.45) is 12.1. The molecule has 0 radical (unpaired) electrons. The van der Waals surface area contributed by atoms with Gasteiger partial charge in [-0.05, 0) is 35.4 Å². The molecule has 3 rings (SSSR count). The minimum Gasteiger partial charge on any atom is -0.352 e. The molecular weight excluding hydrogens is 304 g/mol. The summed E-state index contributed by atoms with van der Waals surface area (Å²) in [6.45, 7) is 0.565. The molecule has 0 atom stereocenters. The average molecular weight is 328 g/mol. The monoisotopic (exact) mass is 328 g/mol. The number of nitrogens with zero attached hydrogens (tertiary/aromatic N) is 1. The second-order valence-electron chi connectivity index (χ2n) is 6.38. The number of rotatable bonds is 6. The maximum absolute atomic E-state index is 12.0. The van der Waals surface area contributed by atoms with Gasteiger partial charge in [0, 0.05) is 35.8 Å². The third kappa shape index (κ3) is 4.90. The van der Waals surface area contributed by atoms with Crippen molar-refractivity contribution < 1.29 is 4.79 Å². The van der Waals surface area contributed by atoms with Gasteiger partial charge in [0.15, 0.2) is 0 Å². The molecule has 0 aromatic carbocycles. The summed E-state index contributed by atoms with van der Waals surface area (Å²) < 4.78 is 0. The molecule has 2 aromatic rings. The van der Waals surface area contributed by atoms with Crippen molar-refractivity contribution in [1.29, 1.82) is 0 Å². The van der Waals surface area contributed by atoms with E-state index in [1.807, 2.05) is 18.5 Å². The van der Waals surface area contributed by atoms with Crippen molar-refractivity contribution in [1.82, 2.24) is 10.3 Å². The van der Waals surface area contributed by atoms with Crippen molar-refractivity contribution in [3.8, 4) is 10.4 Å². The number of thiophene rings is 1. The summed E-state index contributed by atoms with van der Waals surface area (Å²) in [4.78, 5) is 17.5. The van der Waals surface area contributed by atoms with Crippen LogP contribution in [0.1, 0.15) is 50.5 Å². The van der Waals surface area contributed by atoms with E-state index < -0.39 is 0 Å². The Hall–Kier alpha value is -1.68. The van der Waals surface area contributed by atoms with E-state index in [0.717, 1.165) is 23.5 Å². The Morgan fingerprint density at radius 1 is 1.26 bits per heavy atom. The fraction of sp³-hybridized carbons (Fsp3) is 0.474. The maximum atomic E-state index is 12.0. The fourth-order valence-corrected chi connectivity index (χ4v) is 3.97. The van der Waals surface area contributed by atoms with E-state index in [1.54, 1.807) is 11.3 Å². The number of carbonyl (C=O) groups excluding carboxylic acids is 1. The highest BCUT2D eigenvalue weighted by Crippen LogP contribution is 2.27.